The van der Waals surface area contributed by atoms with Gasteiger partial charge in [0.1, 0.15) is 17.6 Å². The molecule has 5 aromatic rings. The molecule has 2 aromatic carbocycles. The minimum Gasteiger partial charge on any atom is -0.496 e. The number of carbonyl (C=O) groups is 1. The van der Waals surface area contributed by atoms with E-state index < -0.39 is 6.04 Å². The molecule has 0 saturated heterocycles. The summed E-state index contributed by atoms with van der Waals surface area (Å²) in [6.45, 7) is 8.67. The highest BCUT2D eigenvalue weighted by Crippen LogP contribution is 2.40. The van der Waals surface area contributed by atoms with Crippen LogP contribution in [0.5, 0.6) is 5.75 Å². The number of furan rings is 1. The van der Waals surface area contributed by atoms with Crippen LogP contribution in [0.25, 0.3) is 16.8 Å². The Bertz CT molecular complexity index is 2160. The van der Waals surface area contributed by atoms with Crippen LogP contribution in [0.2, 0.25) is 0 Å². The predicted octanol–water partition coefficient (Wildman–Crippen LogP) is 5.87. The highest BCUT2D eigenvalue weighted by atomic mass is 79.9. The number of fused-ring (bicyclic) bond motifs is 2. The number of thiazole rings is 1. The number of hydrogen-bond acceptors (Lipinski definition) is 9. The van der Waals surface area contributed by atoms with Crippen molar-refractivity contribution in [2.24, 2.45) is 4.99 Å². The molecule has 1 aliphatic heterocycles. The maximum absolute atomic E-state index is 14.4. The number of methoxy groups -OCH3 is 1. The van der Waals surface area contributed by atoms with Crippen LogP contribution in [0.4, 0.5) is 0 Å². The molecular weight excluding hydrogens is 674 g/mol. The van der Waals surface area contributed by atoms with Gasteiger partial charge in [0.25, 0.3) is 11.5 Å². The number of halogens is 1. The highest BCUT2D eigenvalue weighted by molar-refractivity contribution is 9.10. The molecule has 3 aromatic heterocycles. The Morgan fingerprint density at radius 2 is 1.96 bits per heavy atom. The molecule has 12 heteroatoms. The van der Waals surface area contributed by atoms with Crippen molar-refractivity contribution in [1.29, 1.82) is 0 Å². The molecule has 1 amide bonds. The largest absolute Gasteiger partial charge is 0.496 e. The fourth-order valence-corrected chi connectivity index (χ4v) is 7.82. The van der Waals surface area contributed by atoms with E-state index in [0.717, 1.165) is 26.5 Å². The summed E-state index contributed by atoms with van der Waals surface area (Å²) in [4.78, 5) is 44.3. The number of nitrogens with zero attached hydrogens (tertiary/aromatic N) is 5. The normalized spacial score (nSPS) is 14.9. The lowest BCUT2D eigenvalue weighted by Crippen LogP contribution is -2.43. The van der Waals surface area contributed by atoms with E-state index >= 15 is 0 Å². The first kappa shape index (κ1) is 31.0. The quantitative estimate of drug-likeness (QED) is 0.186. The van der Waals surface area contributed by atoms with E-state index in [0.29, 0.717) is 55.5 Å². The van der Waals surface area contributed by atoms with Gasteiger partial charge in [0.2, 0.25) is 0 Å². The van der Waals surface area contributed by atoms with E-state index in [2.05, 4.69) is 25.9 Å². The number of allylic oxidation sites excluding steroid dienone is 1. The molecule has 0 fully saturated rings. The summed E-state index contributed by atoms with van der Waals surface area (Å²) < 4.78 is 14.8. The van der Waals surface area contributed by atoms with Gasteiger partial charge in [-0.05, 0) is 84.4 Å². The summed E-state index contributed by atoms with van der Waals surface area (Å²) in [5.74, 6) is 0.907. The zero-order valence-corrected chi connectivity index (χ0v) is 28.5. The fourth-order valence-electron chi connectivity index (χ4n) is 5.48. The third-order valence-electron chi connectivity index (χ3n) is 7.63. The Kier molecular flexibility index (Phi) is 8.80. The molecule has 0 spiro atoms. The summed E-state index contributed by atoms with van der Waals surface area (Å²) >= 11 is 6.11. The molecule has 0 aliphatic carbocycles. The summed E-state index contributed by atoms with van der Waals surface area (Å²) in [6.07, 6.45) is 3.41. The molecule has 0 N–H and O–H groups in total. The lowest BCUT2D eigenvalue weighted by molar-refractivity contribution is -0.127. The number of benzene rings is 2. The standard InChI is InChI=1S/C33H30BrN5O4S2/c1-6-38(7-2)30(41)26-19(4)37-33-39(28(26)27-22-11-9-8-10-20(22)12-13-24(27)42-5)29(40)25(44-33)17-21-16-23(34)31(43-21)45-32-35-15-14-18(3)36-32/h8-17,28H,6-7H2,1-5H3/b25-17-/t28-/m1/s1. The molecule has 45 heavy (non-hydrogen) atoms. The van der Waals surface area contributed by atoms with E-state index in [4.69, 9.17) is 14.1 Å². The minimum atomic E-state index is -0.759. The molecule has 9 nitrogen and oxygen atoms in total. The lowest BCUT2D eigenvalue weighted by atomic mass is 9.90. The first-order valence-corrected chi connectivity index (χ1v) is 16.8. The Morgan fingerprint density at radius 1 is 1.18 bits per heavy atom. The number of aryl methyl sites for hydroxylation is 1. The van der Waals surface area contributed by atoms with Crippen molar-refractivity contribution in [2.75, 3.05) is 20.2 Å². The van der Waals surface area contributed by atoms with Crippen LogP contribution in [-0.4, -0.2) is 45.5 Å². The summed E-state index contributed by atoms with van der Waals surface area (Å²) in [7, 11) is 1.60. The number of likely N-dealkylation sites (N-methyl/N-ethyl adjacent to an activating group) is 1. The van der Waals surface area contributed by atoms with E-state index in [1.807, 2.05) is 76.2 Å². The number of ether oxygens (including phenoxy) is 1. The van der Waals surface area contributed by atoms with E-state index in [-0.39, 0.29) is 11.5 Å². The maximum Gasteiger partial charge on any atom is 0.271 e. The van der Waals surface area contributed by atoms with Crippen LogP contribution in [0, 0.1) is 6.92 Å². The van der Waals surface area contributed by atoms with Gasteiger partial charge in [0.05, 0.1) is 27.4 Å². The Balaban J connectivity index is 1.55. The summed E-state index contributed by atoms with van der Waals surface area (Å²) in [6, 6.07) is 14.7. The second-order valence-electron chi connectivity index (χ2n) is 10.3. The molecule has 1 atom stereocenters. The van der Waals surface area contributed by atoms with Gasteiger partial charge in [0.15, 0.2) is 15.1 Å². The van der Waals surface area contributed by atoms with Crippen LogP contribution < -0.4 is 19.6 Å². The monoisotopic (exact) mass is 703 g/mol. The highest BCUT2D eigenvalue weighted by Gasteiger charge is 2.36. The average molecular weight is 705 g/mol. The summed E-state index contributed by atoms with van der Waals surface area (Å²) in [5.41, 5.74) is 2.33. The van der Waals surface area contributed by atoms with E-state index in [9.17, 15) is 9.59 Å². The number of carbonyl (C=O) groups excluding carboxylic acids is 1. The van der Waals surface area contributed by atoms with Crippen LogP contribution in [0.15, 0.2) is 94.9 Å². The van der Waals surface area contributed by atoms with Gasteiger partial charge in [-0.15, -0.1) is 0 Å². The van der Waals surface area contributed by atoms with E-state index in [1.54, 1.807) is 28.8 Å². The predicted molar refractivity (Wildman–Crippen MR) is 179 cm³/mol. The molecule has 0 bridgehead atoms. The van der Waals surface area contributed by atoms with Gasteiger partial charge in [-0.3, -0.25) is 14.2 Å². The van der Waals surface area contributed by atoms with Crippen molar-refractivity contribution in [3.05, 3.63) is 107 Å². The SMILES string of the molecule is CCN(CC)C(=O)C1=C(C)N=c2s/c(=C\c3cc(Br)c(Sc4nccc(C)n4)o3)c(=O)n2[C@H]1c1c(OC)ccc2ccccc12. The molecule has 0 radical (unpaired) electrons. The van der Waals surface area contributed by atoms with Crippen molar-refractivity contribution in [3.63, 3.8) is 0 Å². The number of hydrogen-bond donors (Lipinski definition) is 0. The third-order valence-corrected chi connectivity index (χ3v) is 10.3. The molecule has 1 aliphatic rings. The Labute approximate surface area is 276 Å². The van der Waals surface area contributed by atoms with Crippen LogP contribution in [0.1, 0.15) is 43.8 Å². The minimum absolute atomic E-state index is 0.162. The molecule has 0 unspecified atom stereocenters. The van der Waals surface area contributed by atoms with Crippen molar-refractivity contribution < 1.29 is 13.9 Å². The van der Waals surface area contributed by atoms with Gasteiger partial charge in [-0.2, -0.15) is 0 Å². The van der Waals surface area contributed by atoms with Gasteiger partial charge >= 0.3 is 0 Å². The van der Waals surface area contributed by atoms with Gasteiger partial charge < -0.3 is 14.1 Å². The number of rotatable bonds is 8. The second kappa shape index (κ2) is 12.8. The number of amides is 1. The second-order valence-corrected chi connectivity index (χ2v) is 13.1. The number of aromatic nitrogens is 3. The van der Waals surface area contributed by atoms with Crippen molar-refractivity contribution >= 4 is 61.8 Å². The molecule has 0 saturated carbocycles. The van der Waals surface area contributed by atoms with Crippen molar-refractivity contribution in [1.82, 2.24) is 19.4 Å². The van der Waals surface area contributed by atoms with Crippen molar-refractivity contribution in [3.8, 4) is 5.75 Å². The topological polar surface area (TPSA) is 103 Å². The van der Waals surface area contributed by atoms with Crippen LogP contribution >= 0.6 is 39.0 Å². The zero-order valence-electron chi connectivity index (χ0n) is 25.3. The Morgan fingerprint density at radius 3 is 2.69 bits per heavy atom. The first-order valence-electron chi connectivity index (χ1n) is 14.4. The molecule has 230 valence electrons. The van der Waals surface area contributed by atoms with Gasteiger partial charge in [-0.25, -0.2) is 15.0 Å². The molecule has 6 rings (SSSR count). The fraction of sp³-hybridized carbons (Fsp3) is 0.242. The zero-order chi connectivity index (χ0) is 31.8. The van der Waals surface area contributed by atoms with Gasteiger partial charge in [0, 0.05) is 36.6 Å². The van der Waals surface area contributed by atoms with Crippen LogP contribution in [-0.2, 0) is 4.79 Å². The Hall–Kier alpha value is -4.00. The third kappa shape index (κ3) is 5.78. The van der Waals surface area contributed by atoms with E-state index in [1.165, 1.54) is 23.1 Å². The first-order chi connectivity index (χ1) is 21.7. The smallest absolute Gasteiger partial charge is 0.271 e. The van der Waals surface area contributed by atoms with Crippen LogP contribution in [0.3, 0.4) is 0 Å². The van der Waals surface area contributed by atoms with Crippen molar-refractivity contribution in [2.45, 2.75) is 44.0 Å². The molecule has 4 heterocycles. The molecular formula is C33H30BrN5O4S2. The average Bonchev–Trinajstić information content (AvgIpc) is 3.53. The lowest BCUT2D eigenvalue weighted by Gasteiger charge is -2.30. The van der Waals surface area contributed by atoms with Gasteiger partial charge in [-0.1, -0.05) is 41.7 Å². The maximum atomic E-state index is 14.4. The summed E-state index contributed by atoms with van der Waals surface area (Å²) in [5, 5.41) is 3.00.